The van der Waals surface area contributed by atoms with Crippen LogP contribution >= 0.6 is 11.6 Å². The summed E-state index contributed by atoms with van der Waals surface area (Å²) in [4.78, 5) is 14.0. The Morgan fingerprint density at radius 2 is 1.87 bits per heavy atom. The number of morpholine rings is 1. The lowest BCUT2D eigenvalue weighted by molar-refractivity contribution is -0.126. The second-order valence-corrected chi connectivity index (χ2v) is 9.52. The lowest BCUT2D eigenvalue weighted by Crippen LogP contribution is -2.58. The normalized spacial score (nSPS) is 23.4. The van der Waals surface area contributed by atoms with E-state index in [0.717, 1.165) is 23.2 Å². The van der Waals surface area contributed by atoms with E-state index in [4.69, 9.17) is 20.8 Å². The number of benzene rings is 2. The SMILES string of the molecule is CC1(C(=O)NCC2CNCCO2)C(c2ccc(Cl)o2)C(c2ccc(F)cc2F)=NN1c1ccc(F)cc1F. The molecule has 2 aromatic carbocycles. The molecule has 3 unspecified atom stereocenters. The Labute approximate surface area is 220 Å². The van der Waals surface area contributed by atoms with Gasteiger partial charge in [-0.05, 0) is 54.9 Å². The summed E-state index contributed by atoms with van der Waals surface area (Å²) in [5, 5.41) is 11.5. The van der Waals surface area contributed by atoms with Crippen molar-refractivity contribution in [2.45, 2.75) is 24.5 Å². The molecule has 38 heavy (non-hydrogen) atoms. The van der Waals surface area contributed by atoms with E-state index >= 15 is 8.78 Å². The van der Waals surface area contributed by atoms with E-state index in [1.807, 2.05) is 0 Å². The van der Waals surface area contributed by atoms with Crippen LogP contribution in [0.2, 0.25) is 5.22 Å². The van der Waals surface area contributed by atoms with Gasteiger partial charge in [0.1, 0.15) is 23.2 Å². The molecule has 0 bridgehead atoms. The van der Waals surface area contributed by atoms with Gasteiger partial charge in [-0.25, -0.2) is 22.6 Å². The highest BCUT2D eigenvalue weighted by Crippen LogP contribution is 2.46. The number of hydrogen-bond donors (Lipinski definition) is 2. The van der Waals surface area contributed by atoms with Gasteiger partial charge in [0, 0.05) is 37.3 Å². The number of hydrazone groups is 1. The number of nitrogens with zero attached hydrogens (tertiary/aromatic N) is 2. The van der Waals surface area contributed by atoms with Crippen molar-refractivity contribution in [2.75, 3.05) is 31.3 Å². The summed E-state index contributed by atoms with van der Waals surface area (Å²) in [6.07, 6.45) is -0.319. The lowest BCUT2D eigenvalue weighted by Gasteiger charge is -2.37. The second kappa shape index (κ2) is 10.4. The van der Waals surface area contributed by atoms with E-state index in [1.165, 1.54) is 25.1 Å². The Balaban J connectivity index is 1.65. The topological polar surface area (TPSA) is 79.1 Å². The molecule has 0 saturated carbocycles. The summed E-state index contributed by atoms with van der Waals surface area (Å²) < 4.78 is 69.0. The van der Waals surface area contributed by atoms with Crippen molar-refractivity contribution >= 4 is 28.9 Å². The number of furan rings is 1. The molecule has 2 aliphatic rings. The van der Waals surface area contributed by atoms with E-state index in [2.05, 4.69) is 15.7 Å². The van der Waals surface area contributed by atoms with Crippen LogP contribution in [-0.4, -0.2) is 49.5 Å². The van der Waals surface area contributed by atoms with Crippen LogP contribution < -0.4 is 15.6 Å². The number of nitrogens with one attached hydrogen (secondary N) is 2. The first-order valence-corrected chi connectivity index (χ1v) is 12.2. The van der Waals surface area contributed by atoms with Crippen molar-refractivity contribution in [3.8, 4) is 0 Å². The second-order valence-electron chi connectivity index (χ2n) is 9.15. The van der Waals surface area contributed by atoms with Crippen LogP contribution in [0, 0.1) is 23.3 Å². The quantitative estimate of drug-likeness (QED) is 0.446. The Morgan fingerprint density at radius 1 is 1.13 bits per heavy atom. The zero-order chi connectivity index (χ0) is 27.0. The average molecular weight is 551 g/mol. The molecular formula is C26H23ClF4N4O3. The van der Waals surface area contributed by atoms with Crippen LogP contribution in [0.5, 0.6) is 0 Å². The van der Waals surface area contributed by atoms with Gasteiger partial charge in [0.15, 0.2) is 16.6 Å². The average Bonchev–Trinajstić information content (AvgIpc) is 3.44. The number of ether oxygens (including phenoxy) is 1. The van der Waals surface area contributed by atoms with Gasteiger partial charge >= 0.3 is 0 Å². The minimum atomic E-state index is -1.77. The molecule has 2 aliphatic heterocycles. The van der Waals surface area contributed by atoms with E-state index in [1.54, 1.807) is 0 Å². The summed E-state index contributed by atoms with van der Waals surface area (Å²) in [6.45, 7) is 3.25. The van der Waals surface area contributed by atoms with Gasteiger partial charge in [0.25, 0.3) is 0 Å². The van der Waals surface area contributed by atoms with E-state index in [-0.39, 0.29) is 40.6 Å². The molecule has 3 aromatic rings. The number of rotatable bonds is 6. The van der Waals surface area contributed by atoms with Gasteiger partial charge < -0.3 is 19.8 Å². The van der Waals surface area contributed by atoms with Gasteiger partial charge in [0.2, 0.25) is 5.91 Å². The van der Waals surface area contributed by atoms with Gasteiger partial charge in [-0.2, -0.15) is 5.10 Å². The Kier molecular flexibility index (Phi) is 7.17. The molecule has 1 amide bonds. The van der Waals surface area contributed by atoms with Crippen LogP contribution in [0.4, 0.5) is 23.2 Å². The zero-order valence-corrected chi connectivity index (χ0v) is 20.9. The Bertz CT molecular complexity index is 1390. The smallest absolute Gasteiger partial charge is 0.249 e. The molecule has 2 N–H and O–H groups in total. The first-order valence-electron chi connectivity index (χ1n) is 11.8. The third kappa shape index (κ3) is 4.77. The van der Waals surface area contributed by atoms with Crippen LogP contribution in [-0.2, 0) is 9.53 Å². The van der Waals surface area contributed by atoms with Crippen molar-refractivity contribution in [2.24, 2.45) is 5.10 Å². The minimum absolute atomic E-state index is 0.00483. The molecule has 200 valence electrons. The molecule has 0 radical (unpaired) electrons. The summed E-state index contributed by atoms with van der Waals surface area (Å²) in [5.41, 5.74) is -2.17. The number of carbonyl (C=O) groups is 1. The fourth-order valence-electron chi connectivity index (χ4n) is 4.78. The Hall–Kier alpha value is -3.41. The number of anilines is 1. The summed E-state index contributed by atoms with van der Waals surface area (Å²) in [7, 11) is 0. The maximum atomic E-state index is 15.1. The van der Waals surface area contributed by atoms with Crippen LogP contribution in [0.3, 0.4) is 0 Å². The van der Waals surface area contributed by atoms with Gasteiger partial charge in [0.05, 0.1) is 30.0 Å². The monoisotopic (exact) mass is 550 g/mol. The van der Waals surface area contributed by atoms with Crippen molar-refractivity contribution in [3.05, 3.63) is 88.3 Å². The van der Waals surface area contributed by atoms with Gasteiger partial charge in [-0.3, -0.25) is 4.79 Å². The van der Waals surface area contributed by atoms with E-state index < -0.39 is 40.6 Å². The maximum Gasteiger partial charge on any atom is 0.249 e. The van der Waals surface area contributed by atoms with Gasteiger partial charge in [-0.15, -0.1) is 0 Å². The molecule has 7 nitrogen and oxygen atoms in total. The largest absolute Gasteiger partial charge is 0.449 e. The third-order valence-corrected chi connectivity index (χ3v) is 6.86. The number of carbonyl (C=O) groups excluding carboxylic acids is 1. The highest BCUT2D eigenvalue weighted by molar-refractivity contribution is 6.28. The van der Waals surface area contributed by atoms with E-state index in [9.17, 15) is 13.6 Å². The first-order chi connectivity index (χ1) is 18.2. The summed E-state index contributed by atoms with van der Waals surface area (Å²) in [6, 6.07) is 8.62. The molecule has 5 rings (SSSR count). The molecule has 1 aromatic heterocycles. The van der Waals surface area contributed by atoms with Crippen molar-refractivity contribution < 1.29 is 31.5 Å². The van der Waals surface area contributed by atoms with Crippen molar-refractivity contribution in [1.82, 2.24) is 10.6 Å². The maximum absolute atomic E-state index is 15.1. The molecule has 3 heterocycles. The Morgan fingerprint density at radius 3 is 2.50 bits per heavy atom. The molecule has 3 atom stereocenters. The third-order valence-electron chi connectivity index (χ3n) is 6.66. The highest BCUT2D eigenvalue weighted by atomic mass is 35.5. The van der Waals surface area contributed by atoms with Gasteiger partial charge in [-0.1, -0.05) is 0 Å². The highest BCUT2D eigenvalue weighted by Gasteiger charge is 2.57. The fraction of sp³-hybridized carbons (Fsp3) is 0.308. The standard InChI is InChI=1S/C26H23ClF4N4O3/c1-26(25(36)33-13-16-12-32-8-9-37-16)23(21-6-7-22(27)38-21)24(17-4-2-14(28)10-18(17)30)34-35(26)20-5-3-15(29)11-19(20)31/h2-7,10-11,16,23,32H,8-9,12-13H2,1H3,(H,33,36). The molecular weight excluding hydrogens is 528 g/mol. The van der Waals surface area contributed by atoms with Crippen LogP contribution in [0.15, 0.2) is 58.0 Å². The van der Waals surface area contributed by atoms with Crippen molar-refractivity contribution in [3.63, 3.8) is 0 Å². The van der Waals surface area contributed by atoms with E-state index in [0.29, 0.717) is 31.8 Å². The summed E-state index contributed by atoms with van der Waals surface area (Å²) >= 11 is 6.05. The molecule has 1 saturated heterocycles. The molecule has 1 fully saturated rings. The van der Waals surface area contributed by atoms with Crippen LogP contribution in [0.1, 0.15) is 24.2 Å². The predicted molar refractivity (Wildman–Crippen MR) is 132 cm³/mol. The summed E-state index contributed by atoms with van der Waals surface area (Å²) in [5.74, 6) is -5.20. The lowest BCUT2D eigenvalue weighted by atomic mass is 9.78. The molecule has 0 aliphatic carbocycles. The predicted octanol–water partition coefficient (Wildman–Crippen LogP) is 4.36. The molecule has 12 heteroatoms. The van der Waals surface area contributed by atoms with Crippen molar-refractivity contribution in [1.29, 1.82) is 0 Å². The minimum Gasteiger partial charge on any atom is -0.449 e. The first kappa shape index (κ1) is 26.2. The number of halogens is 5. The van der Waals surface area contributed by atoms with Crippen LogP contribution in [0.25, 0.3) is 0 Å². The molecule has 0 spiro atoms. The zero-order valence-electron chi connectivity index (χ0n) is 20.1. The fourth-order valence-corrected chi connectivity index (χ4v) is 4.93. The number of hydrogen-bond acceptors (Lipinski definition) is 6. The number of amides is 1.